The zero-order valence-electron chi connectivity index (χ0n) is 21.7. The number of ether oxygens (including phenoxy) is 1. The topological polar surface area (TPSA) is 98.1 Å². The minimum Gasteiger partial charge on any atom is -0.453 e. The SMILES string of the molecule is Cc1ccccc1Oc1cnn(-c2ccc(F)cc2)c(=O)c1Nc1ccc(C(=O)NCCc2ccccn2)cc1. The van der Waals surface area contributed by atoms with Crippen LogP contribution in [0.3, 0.4) is 0 Å². The molecule has 2 aromatic heterocycles. The van der Waals surface area contributed by atoms with Crippen LogP contribution in [0.15, 0.2) is 108 Å². The van der Waals surface area contributed by atoms with Gasteiger partial charge in [-0.05, 0) is 79.2 Å². The van der Waals surface area contributed by atoms with E-state index in [0.717, 1.165) is 15.9 Å². The van der Waals surface area contributed by atoms with Gasteiger partial charge >= 0.3 is 0 Å². The van der Waals surface area contributed by atoms with Crippen LogP contribution >= 0.6 is 0 Å². The fourth-order valence-corrected chi connectivity index (χ4v) is 3.99. The molecule has 0 radical (unpaired) electrons. The van der Waals surface area contributed by atoms with E-state index in [9.17, 15) is 14.0 Å². The molecular weight excluding hydrogens is 509 g/mol. The van der Waals surface area contributed by atoms with Crippen LogP contribution in [0.2, 0.25) is 0 Å². The molecule has 0 spiro atoms. The van der Waals surface area contributed by atoms with Crippen molar-refractivity contribution in [2.75, 3.05) is 11.9 Å². The number of para-hydroxylation sites is 1. The second-order valence-electron chi connectivity index (χ2n) is 8.97. The first-order chi connectivity index (χ1) is 19.5. The summed E-state index contributed by atoms with van der Waals surface area (Å²) in [5.41, 5.74) is 2.86. The molecule has 0 unspecified atom stereocenters. The first-order valence-electron chi connectivity index (χ1n) is 12.6. The summed E-state index contributed by atoms with van der Waals surface area (Å²) in [5.74, 6) is 0.155. The van der Waals surface area contributed by atoms with Crippen LogP contribution in [-0.2, 0) is 6.42 Å². The van der Waals surface area contributed by atoms with Gasteiger partial charge in [0.05, 0.1) is 11.9 Å². The van der Waals surface area contributed by atoms with Gasteiger partial charge in [-0.1, -0.05) is 24.3 Å². The van der Waals surface area contributed by atoms with Crippen LogP contribution in [0.4, 0.5) is 15.8 Å². The average molecular weight is 536 g/mol. The van der Waals surface area contributed by atoms with E-state index in [0.29, 0.717) is 35.7 Å². The molecule has 40 heavy (non-hydrogen) atoms. The quantitative estimate of drug-likeness (QED) is 0.256. The molecule has 0 fully saturated rings. The van der Waals surface area contributed by atoms with Gasteiger partial charge in [-0.2, -0.15) is 9.78 Å². The summed E-state index contributed by atoms with van der Waals surface area (Å²) < 4.78 is 20.7. The Kier molecular flexibility index (Phi) is 7.92. The van der Waals surface area contributed by atoms with Crippen LogP contribution in [-0.4, -0.2) is 27.2 Å². The summed E-state index contributed by atoms with van der Waals surface area (Å²) in [4.78, 5) is 30.4. The maximum Gasteiger partial charge on any atom is 0.299 e. The Morgan fingerprint density at radius 2 is 1.68 bits per heavy atom. The zero-order chi connectivity index (χ0) is 27.9. The molecule has 2 heterocycles. The third-order valence-electron chi connectivity index (χ3n) is 6.14. The predicted molar refractivity (Wildman–Crippen MR) is 151 cm³/mol. The Hall–Kier alpha value is -5.31. The van der Waals surface area contributed by atoms with Crippen molar-refractivity contribution in [3.8, 4) is 17.2 Å². The fourth-order valence-electron chi connectivity index (χ4n) is 3.99. The highest BCUT2D eigenvalue weighted by Crippen LogP contribution is 2.30. The van der Waals surface area contributed by atoms with Crippen molar-refractivity contribution in [3.63, 3.8) is 0 Å². The Balaban J connectivity index is 1.38. The Morgan fingerprint density at radius 1 is 0.925 bits per heavy atom. The molecule has 1 amide bonds. The highest BCUT2D eigenvalue weighted by atomic mass is 19.1. The summed E-state index contributed by atoms with van der Waals surface area (Å²) in [6.45, 7) is 2.35. The van der Waals surface area contributed by atoms with Crippen molar-refractivity contribution in [1.29, 1.82) is 0 Å². The second-order valence-corrected chi connectivity index (χ2v) is 8.97. The van der Waals surface area contributed by atoms with E-state index in [1.54, 1.807) is 36.5 Å². The van der Waals surface area contributed by atoms with E-state index < -0.39 is 11.4 Å². The second kappa shape index (κ2) is 12.0. The molecule has 5 aromatic rings. The number of anilines is 2. The summed E-state index contributed by atoms with van der Waals surface area (Å²) in [5, 5.41) is 10.3. The lowest BCUT2D eigenvalue weighted by molar-refractivity contribution is 0.0954. The van der Waals surface area contributed by atoms with E-state index in [1.807, 2.05) is 43.3 Å². The lowest BCUT2D eigenvalue weighted by Gasteiger charge is -2.15. The number of nitrogens with one attached hydrogen (secondary N) is 2. The number of aromatic nitrogens is 3. The van der Waals surface area contributed by atoms with E-state index in [-0.39, 0.29) is 17.3 Å². The fraction of sp³-hybridized carbons (Fsp3) is 0.0968. The molecule has 0 bridgehead atoms. The van der Waals surface area contributed by atoms with Crippen LogP contribution in [0, 0.1) is 12.7 Å². The number of benzene rings is 3. The Morgan fingerprint density at radius 3 is 2.40 bits per heavy atom. The number of nitrogens with zero attached hydrogens (tertiary/aromatic N) is 3. The standard InChI is InChI=1S/C31H26FN5O3/c1-21-6-2-3-8-27(21)40-28-20-35-37(26-15-11-23(32)12-16-26)31(39)29(28)36-25-13-9-22(10-14-25)30(38)34-19-17-24-7-4-5-18-33-24/h2-16,18,20,36H,17,19H2,1H3,(H,34,38). The molecule has 0 aliphatic rings. The number of aryl methyl sites for hydroxylation is 1. The average Bonchev–Trinajstić information content (AvgIpc) is 2.97. The number of halogens is 1. The van der Waals surface area contributed by atoms with Crippen molar-refractivity contribution >= 4 is 17.3 Å². The molecule has 0 saturated heterocycles. The van der Waals surface area contributed by atoms with Crippen LogP contribution < -0.4 is 20.9 Å². The van der Waals surface area contributed by atoms with Gasteiger partial charge in [0.2, 0.25) is 0 Å². The number of pyridine rings is 1. The normalized spacial score (nSPS) is 10.7. The Bertz CT molecular complexity index is 1670. The van der Waals surface area contributed by atoms with Gasteiger partial charge in [0.25, 0.3) is 11.5 Å². The van der Waals surface area contributed by atoms with Gasteiger partial charge in [0.1, 0.15) is 11.6 Å². The molecule has 5 rings (SSSR count). The largest absolute Gasteiger partial charge is 0.453 e. The van der Waals surface area contributed by atoms with Gasteiger partial charge in [-0.3, -0.25) is 14.6 Å². The lowest BCUT2D eigenvalue weighted by Crippen LogP contribution is -2.26. The van der Waals surface area contributed by atoms with Crippen LogP contribution in [0.5, 0.6) is 11.5 Å². The number of hydrogen-bond donors (Lipinski definition) is 2. The molecule has 0 atom stereocenters. The minimum atomic E-state index is -0.492. The highest BCUT2D eigenvalue weighted by molar-refractivity contribution is 5.94. The molecule has 0 aliphatic heterocycles. The molecule has 8 nitrogen and oxygen atoms in total. The first-order valence-corrected chi connectivity index (χ1v) is 12.6. The van der Waals surface area contributed by atoms with Crippen molar-refractivity contribution in [1.82, 2.24) is 20.1 Å². The molecule has 9 heteroatoms. The Labute approximate surface area is 230 Å². The van der Waals surface area contributed by atoms with E-state index in [1.165, 1.54) is 30.5 Å². The van der Waals surface area contributed by atoms with Crippen LogP contribution in [0.25, 0.3) is 5.69 Å². The van der Waals surface area contributed by atoms with Crippen molar-refractivity contribution < 1.29 is 13.9 Å². The van der Waals surface area contributed by atoms with Crippen molar-refractivity contribution in [2.24, 2.45) is 0 Å². The number of amides is 1. The molecular formula is C31H26FN5O3. The highest BCUT2D eigenvalue weighted by Gasteiger charge is 2.16. The third-order valence-corrected chi connectivity index (χ3v) is 6.14. The van der Waals surface area contributed by atoms with E-state index in [2.05, 4.69) is 20.7 Å². The number of carbonyl (C=O) groups excluding carboxylic acids is 1. The minimum absolute atomic E-state index is 0.134. The van der Waals surface area contributed by atoms with Gasteiger partial charge in [0.15, 0.2) is 11.4 Å². The van der Waals surface area contributed by atoms with E-state index in [4.69, 9.17) is 4.74 Å². The number of rotatable bonds is 9. The maximum atomic E-state index is 13.6. The molecule has 0 saturated carbocycles. The number of hydrogen-bond acceptors (Lipinski definition) is 6. The van der Waals surface area contributed by atoms with Crippen LogP contribution in [0.1, 0.15) is 21.6 Å². The van der Waals surface area contributed by atoms with Gasteiger partial charge in [-0.25, -0.2) is 4.39 Å². The van der Waals surface area contributed by atoms with Gasteiger partial charge in [0, 0.05) is 36.1 Å². The number of carbonyl (C=O) groups is 1. The molecule has 2 N–H and O–H groups in total. The van der Waals surface area contributed by atoms with Gasteiger partial charge < -0.3 is 15.4 Å². The van der Waals surface area contributed by atoms with Crippen molar-refractivity contribution in [2.45, 2.75) is 13.3 Å². The zero-order valence-corrected chi connectivity index (χ0v) is 21.7. The predicted octanol–water partition coefficient (Wildman–Crippen LogP) is 5.58. The molecule has 200 valence electrons. The van der Waals surface area contributed by atoms with E-state index >= 15 is 0 Å². The first kappa shape index (κ1) is 26.3. The van der Waals surface area contributed by atoms with Gasteiger partial charge in [-0.15, -0.1) is 0 Å². The lowest BCUT2D eigenvalue weighted by atomic mass is 10.2. The summed E-state index contributed by atoms with van der Waals surface area (Å²) in [6, 6.07) is 25.3. The molecule has 3 aromatic carbocycles. The summed E-state index contributed by atoms with van der Waals surface area (Å²) in [7, 11) is 0. The summed E-state index contributed by atoms with van der Waals surface area (Å²) >= 11 is 0. The molecule has 0 aliphatic carbocycles. The third kappa shape index (κ3) is 6.21. The smallest absolute Gasteiger partial charge is 0.299 e. The monoisotopic (exact) mass is 535 g/mol. The summed E-state index contributed by atoms with van der Waals surface area (Å²) in [6.07, 6.45) is 3.78. The maximum absolute atomic E-state index is 13.6. The van der Waals surface area contributed by atoms with Crippen molar-refractivity contribution in [3.05, 3.63) is 136 Å².